The number of carbonyl (C=O) groups is 1. The minimum absolute atomic E-state index is 0.296. The minimum Gasteiger partial charge on any atom is -0.449 e. The van der Waals surface area contributed by atoms with Crippen molar-refractivity contribution in [2.24, 2.45) is 5.92 Å². The van der Waals surface area contributed by atoms with Crippen molar-refractivity contribution in [2.45, 2.75) is 46.5 Å². The Morgan fingerprint density at radius 1 is 1.28 bits per heavy atom. The first-order chi connectivity index (χ1) is 8.58. The van der Waals surface area contributed by atoms with E-state index in [9.17, 15) is 4.79 Å². The molecule has 3 nitrogen and oxygen atoms in total. The minimum atomic E-state index is -0.296. The van der Waals surface area contributed by atoms with E-state index in [0.29, 0.717) is 19.1 Å². The second kappa shape index (κ2) is 7.96. The smallest absolute Gasteiger partial charge is 0.407 e. The van der Waals surface area contributed by atoms with Gasteiger partial charge in [0.2, 0.25) is 0 Å². The molecule has 0 saturated heterocycles. The summed E-state index contributed by atoms with van der Waals surface area (Å²) in [6.07, 6.45) is 8.51. The van der Waals surface area contributed by atoms with Gasteiger partial charge < -0.3 is 10.1 Å². The number of allylic oxidation sites excluding steroid dienone is 3. The van der Waals surface area contributed by atoms with E-state index >= 15 is 0 Å². The number of carbonyl (C=O) groups excluding carboxylic acids is 1. The van der Waals surface area contributed by atoms with Crippen LogP contribution in [0.25, 0.3) is 0 Å². The van der Waals surface area contributed by atoms with Crippen molar-refractivity contribution in [3.63, 3.8) is 0 Å². The molecule has 1 aliphatic rings. The molecule has 0 aromatic heterocycles. The molecule has 0 aliphatic heterocycles. The van der Waals surface area contributed by atoms with Gasteiger partial charge in [0.05, 0.1) is 6.61 Å². The average molecular weight is 251 g/mol. The van der Waals surface area contributed by atoms with Crippen LogP contribution in [0.3, 0.4) is 0 Å². The molecule has 1 rings (SSSR count). The second-order valence-electron chi connectivity index (χ2n) is 5.29. The first-order valence-electron chi connectivity index (χ1n) is 6.77. The van der Waals surface area contributed by atoms with Gasteiger partial charge in [-0.05, 0) is 52.4 Å². The summed E-state index contributed by atoms with van der Waals surface area (Å²) in [5.74, 6) is 0.622. The highest BCUT2D eigenvalue weighted by Crippen LogP contribution is 2.28. The molecule has 18 heavy (non-hydrogen) atoms. The fraction of sp³-hybridized carbons (Fsp3) is 0.667. The average Bonchev–Trinajstić information content (AvgIpc) is 3.09. The maximum atomic E-state index is 11.3. The Balaban J connectivity index is 2.06. The van der Waals surface area contributed by atoms with Crippen molar-refractivity contribution in [3.05, 3.63) is 23.3 Å². The highest BCUT2D eigenvalue weighted by molar-refractivity contribution is 5.67. The van der Waals surface area contributed by atoms with Crippen molar-refractivity contribution >= 4 is 6.09 Å². The summed E-state index contributed by atoms with van der Waals surface area (Å²) in [5, 5.41) is 2.74. The van der Waals surface area contributed by atoms with Gasteiger partial charge in [-0.25, -0.2) is 4.79 Å². The molecule has 0 aromatic rings. The number of rotatable bonds is 7. The van der Waals surface area contributed by atoms with Gasteiger partial charge in [0.25, 0.3) is 0 Å². The van der Waals surface area contributed by atoms with Crippen molar-refractivity contribution in [3.8, 4) is 0 Å². The van der Waals surface area contributed by atoms with Crippen LogP contribution < -0.4 is 5.32 Å². The zero-order valence-electron chi connectivity index (χ0n) is 11.8. The van der Waals surface area contributed by atoms with Gasteiger partial charge in [-0.3, -0.25) is 0 Å². The predicted molar refractivity (Wildman–Crippen MR) is 74.5 cm³/mol. The molecule has 1 fully saturated rings. The van der Waals surface area contributed by atoms with Gasteiger partial charge in [0, 0.05) is 6.54 Å². The van der Waals surface area contributed by atoms with Gasteiger partial charge in [-0.2, -0.15) is 0 Å². The van der Waals surface area contributed by atoms with Gasteiger partial charge in [0.1, 0.15) is 0 Å². The molecule has 0 aromatic carbocycles. The van der Waals surface area contributed by atoms with Crippen LogP contribution in [0.1, 0.15) is 46.5 Å². The normalized spacial score (nSPS) is 15.2. The second-order valence-corrected chi connectivity index (χ2v) is 5.29. The van der Waals surface area contributed by atoms with Crippen LogP contribution in [0.15, 0.2) is 23.3 Å². The fourth-order valence-electron chi connectivity index (χ4n) is 1.53. The maximum absolute atomic E-state index is 11.3. The van der Waals surface area contributed by atoms with Gasteiger partial charge >= 0.3 is 6.09 Å². The Bertz CT molecular complexity index is 323. The van der Waals surface area contributed by atoms with Crippen LogP contribution in [0.4, 0.5) is 4.79 Å². The Kier molecular flexibility index (Phi) is 6.55. The summed E-state index contributed by atoms with van der Waals surface area (Å²) in [4.78, 5) is 11.3. The molecule has 1 amide bonds. The van der Waals surface area contributed by atoms with E-state index in [2.05, 4.69) is 38.2 Å². The lowest BCUT2D eigenvalue weighted by Crippen LogP contribution is -2.25. The molecule has 0 atom stereocenters. The third-order valence-corrected chi connectivity index (χ3v) is 2.94. The van der Waals surface area contributed by atoms with Crippen LogP contribution in [-0.4, -0.2) is 19.2 Å². The molecule has 0 radical (unpaired) electrons. The van der Waals surface area contributed by atoms with Crippen LogP contribution in [0.2, 0.25) is 0 Å². The van der Waals surface area contributed by atoms with Crippen molar-refractivity contribution < 1.29 is 9.53 Å². The molecule has 1 saturated carbocycles. The van der Waals surface area contributed by atoms with Gasteiger partial charge in [-0.15, -0.1) is 0 Å². The van der Waals surface area contributed by atoms with E-state index in [4.69, 9.17) is 4.74 Å². The van der Waals surface area contributed by atoms with E-state index in [1.807, 2.05) is 0 Å². The van der Waals surface area contributed by atoms with E-state index < -0.39 is 0 Å². The Labute approximate surface area is 110 Å². The fourth-order valence-corrected chi connectivity index (χ4v) is 1.53. The van der Waals surface area contributed by atoms with E-state index in [-0.39, 0.29) is 6.09 Å². The first-order valence-corrected chi connectivity index (χ1v) is 6.77. The molecular weight excluding hydrogens is 226 g/mol. The number of hydrogen-bond donors (Lipinski definition) is 1. The van der Waals surface area contributed by atoms with Crippen molar-refractivity contribution in [2.75, 3.05) is 13.2 Å². The molecular formula is C15H25NO2. The first kappa shape index (κ1) is 14.8. The Hall–Kier alpha value is -1.25. The zero-order chi connectivity index (χ0) is 13.4. The molecule has 1 aliphatic carbocycles. The number of hydrogen-bond acceptors (Lipinski definition) is 2. The lowest BCUT2D eigenvalue weighted by atomic mass is 10.1. The van der Waals surface area contributed by atoms with Crippen molar-refractivity contribution in [1.82, 2.24) is 5.32 Å². The predicted octanol–water partition coefficient (Wildman–Crippen LogP) is 3.82. The lowest BCUT2D eigenvalue weighted by Gasteiger charge is -2.05. The number of amides is 1. The summed E-state index contributed by atoms with van der Waals surface area (Å²) < 4.78 is 5.07. The SMILES string of the molecule is CC(C)=CCCC(C)=CCNC(=O)OCC1CC1. The standard InChI is InChI=1S/C15H25NO2/c1-12(2)5-4-6-13(3)9-10-16-15(17)18-11-14-7-8-14/h5,9,14H,4,6-8,10-11H2,1-3H3,(H,16,17). The summed E-state index contributed by atoms with van der Waals surface area (Å²) >= 11 is 0. The summed E-state index contributed by atoms with van der Waals surface area (Å²) in [6.45, 7) is 7.45. The van der Waals surface area contributed by atoms with Gasteiger partial charge in [0.15, 0.2) is 0 Å². The van der Waals surface area contributed by atoms with E-state index in [1.54, 1.807) is 0 Å². The quantitative estimate of drug-likeness (QED) is 0.699. The third-order valence-electron chi connectivity index (χ3n) is 2.94. The summed E-state index contributed by atoms with van der Waals surface area (Å²) in [5.41, 5.74) is 2.65. The Morgan fingerprint density at radius 3 is 2.61 bits per heavy atom. The number of alkyl carbamates (subject to hydrolysis) is 1. The molecule has 0 bridgehead atoms. The lowest BCUT2D eigenvalue weighted by molar-refractivity contribution is 0.142. The molecule has 3 heteroatoms. The number of nitrogens with one attached hydrogen (secondary N) is 1. The van der Waals surface area contributed by atoms with Crippen LogP contribution in [-0.2, 0) is 4.74 Å². The monoisotopic (exact) mass is 251 g/mol. The van der Waals surface area contributed by atoms with Crippen LogP contribution >= 0.6 is 0 Å². The maximum Gasteiger partial charge on any atom is 0.407 e. The van der Waals surface area contributed by atoms with E-state index in [0.717, 1.165) is 12.8 Å². The summed E-state index contributed by atoms with van der Waals surface area (Å²) in [7, 11) is 0. The largest absolute Gasteiger partial charge is 0.449 e. The Morgan fingerprint density at radius 2 is 2.00 bits per heavy atom. The van der Waals surface area contributed by atoms with Crippen LogP contribution in [0.5, 0.6) is 0 Å². The molecule has 0 heterocycles. The summed E-state index contributed by atoms with van der Waals surface area (Å²) in [6, 6.07) is 0. The third kappa shape index (κ3) is 7.93. The zero-order valence-corrected chi connectivity index (χ0v) is 11.8. The molecule has 0 spiro atoms. The highest BCUT2D eigenvalue weighted by atomic mass is 16.5. The highest BCUT2D eigenvalue weighted by Gasteiger charge is 2.22. The molecule has 102 valence electrons. The molecule has 1 N–H and O–H groups in total. The topological polar surface area (TPSA) is 38.3 Å². The van der Waals surface area contributed by atoms with Crippen molar-refractivity contribution in [1.29, 1.82) is 0 Å². The molecule has 0 unspecified atom stereocenters. The van der Waals surface area contributed by atoms with Crippen LogP contribution in [0, 0.1) is 5.92 Å². The number of ether oxygens (including phenoxy) is 1. The van der Waals surface area contributed by atoms with E-state index in [1.165, 1.54) is 24.0 Å². The van der Waals surface area contributed by atoms with Gasteiger partial charge in [-0.1, -0.05) is 23.3 Å².